The van der Waals surface area contributed by atoms with E-state index in [9.17, 15) is 4.79 Å². The Morgan fingerprint density at radius 2 is 1.96 bits per heavy atom. The van der Waals surface area contributed by atoms with E-state index in [2.05, 4.69) is 16.7 Å². The highest BCUT2D eigenvalue weighted by Crippen LogP contribution is 2.26. The van der Waals surface area contributed by atoms with E-state index in [-0.39, 0.29) is 5.78 Å². The molecular formula is C21H23N4O2S+. The number of nitrogens with zero attached hydrogens (tertiary/aromatic N) is 3. The van der Waals surface area contributed by atoms with Crippen LogP contribution in [0, 0.1) is 6.92 Å². The highest BCUT2D eigenvalue weighted by atomic mass is 32.1. The number of carbonyl (C=O) groups is 1. The number of rotatable bonds is 5. The molecule has 1 aliphatic heterocycles. The van der Waals surface area contributed by atoms with E-state index in [0.717, 1.165) is 66.8 Å². The van der Waals surface area contributed by atoms with Crippen molar-refractivity contribution in [1.29, 1.82) is 0 Å². The number of aromatic nitrogens is 3. The van der Waals surface area contributed by atoms with E-state index in [1.165, 1.54) is 11.3 Å². The molecule has 1 aromatic carbocycles. The van der Waals surface area contributed by atoms with Crippen LogP contribution in [0.2, 0.25) is 0 Å². The zero-order valence-corrected chi connectivity index (χ0v) is 16.7. The molecule has 0 bridgehead atoms. The summed E-state index contributed by atoms with van der Waals surface area (Å²) in [5, 5.41) is 1.94. The van der Waals surface area contributed by atoms with Crippen molar-refractivity contribution < 1.29 is 14.4 Å². The Morgan fingerprint density at radius 1 is 1.18 bits per heavy atom. The Hall–Kier alpha value is -2.48. The summed E-state index contributed by atoms with van der Waals surface area (Å²) in [5.41, 5.74) is 3.62. The van der Waals surface area contributed by atoms with Crippen molar-refractivity contribution in [2.24, 2.45) is 0 Å². The highest BCUT2D eigenvalue weighted by molar-refractivity contribution is 7.12. The van der Waals surface area contributed by atoms with Crippen LogP contribution < -0.4 is 4.90 Å². The minimum Gasteiger partial charge on any atom is -0.370 e. The van der Waals surface area contributed by atoms with E-state index in [1.807, 2.05) is 41.0 Å². The average Bonchev–Trinajstić information content (AvgIpc) is 3.43. The minimum atomic E-state index is 0.0432. The van der Waals surface area contributed by atoms with Gasteiger partial charge in [-0.2, -0.15) is 0 Å². The van der Waals surface area contributed by atoms with Crippen molar-refractivity contribution in [3.8, 4) is 0 Å². The van der Waals surface area contributed by atoms with Crippen LogP contribution in [0.3, 0.4) is 0 Å². The fourth-order valence-corrected chi connectivity index (χ4v) is 4.77. The SMILES string of the molecule is Cc1nc2n(CC[NH+]3CCOCC3)c3ccccc3n2c1C(=O)c1cccs1. The number of ketones is 1. The number of hydrogen-bond acceptors (Lipinski definition) is 4. The fourth-order valence-electron chi connectivity index (χ4n) is 4.10. The Bertz CT molecular complexity index is 1140. The van der Waals surface area contributed by atoms with Gasteiger partial charge in [0.1, 0.15) is 18.8 Å². The quantitative estimate of drug-likeness (QED) is 0.525. The zero-order valence-electron chi connectivity index (χ0n) is 15.9. The maximum Gasteiger partial charge on any atom is 0.221 e. The molecule has 0 aliphatic carbocycles. The predicted molar refractivity (Wildman–Crippen MR) is 110 cm³/mol. The van der Waals surface area contributed by atoms with Crippen LogP contribution in [-0.2, 0) is 11.3 Å². The van der Waals surface area contributed by atoms with Crippen LogP contribution in [0.4, 0.5) is 0 Å². The van der Waals surface area contributed by atoms with E-state index in [4.69, 9.17) is 9.72 Å². The van der Waals surface area contributed by atoms with Crippen molar-refractivity contribution >= 4 is 33.9 Å². The molecule has 4 heterocycles. The van der Waals surface area contributed by atoms with Gasteiger partial charge in [0.15, 0.2) is 0 Å². The molecule has 0 unspecified atom stereocenters. The van der Waals surface area contributed by atoms with E-state index in [0.29, 0.717) is 5.69 Å². The van der Waals surface area contributed by atoms with Crippen molar-refractivity contribution in [3.63, 3.8) is 0 Å². The molecule has 6 nitrogen and oxygen atoms in total. The smallest absolute Gasteiger partial charge is 0.221 e. The number of nitrogens with one attached hydrogen (secondary N) is 1. The first-order chi connectivity index (χ1) is 13.7. The van der Waals surface area contributed by atoms with Crippen LogP contribution in [-0.4, -0.2) is 52.6 Å². The Kier molecular flexibility index (Phi) is 4.50. The monoisotopic (exact) mass is 395 g/mol. The molecule has 1 N–H and O–H groups in total. The van der Waals surface area contributed by atoms with Crippen LogP contribution in [0.1, 0.15) is 21.1 Å². The molecule has 1 fully saturated rings. The normalized spacial score (nSPS) is 15.6. The minimum absolute atomic E-state index is 0.0432. The van der Waals surface area contributed by atoms with Gasteiger partial charge in [0.25, 0.3) is 0 Å². The molecule has 0 radical (unpaired) electrons. The summed E-state index contributed by atoms with van der Waals surface area (Å²) in [6.45, 7) is 7.59. The number of benzene rings is 1. The lowest BCUT2D eigenvalue weighted by atomic mass is 10.2. The first-order valence-electron chi connectivity index (χ1n) is 9.70. The average molecular weight is 396 g/mol. The fraction of sp³-hybridized carbons (Fsp3) is 0.333. The zero-order chi connectivity index (χ0) is 19.1. The number of hydrogen-bond donors (Lipinski definition) is 1. The van der Waals surface area contributed by atoms with Crippen LogP contribution in [0.25, 0.3) is 16.8 Å². The van der Waals surface area contributed by atoms with Gasteiger partial charge in [0, 0.05) is 0 Å². The third kappa shape index (κ3) is 2.87. The Labute approximate surface area is 167 Å². The predicted octanol–water partition coefficient (Wildman–Crippen LogP) is 1.81. The van der Waals surface area contributed by atoms with Crippen molar-refractivity contribution in [2.45, 2.75) is 13.5 Å². The molecule has 3 aromatic heterocycles. The summed E-state index contributed by atoms with van der Waals surface area (Å²) >= 11 is 1.48. The summed E-state index contributed by atoms with van der Waals surface area (Å²) in [7, 11) is 0. The van der Waals surface area contributed by atoms with Crippen molar-refractivity contribution in [1.82, 2.24) is 14.0 Å². The van der Waals surface area contributed by atoms with E-state index < -0.39 is 0 Å². The van der Waals surface area contributed by atoms with Gasteiger partial charge >= 0.3 is 0 Å². The summed E-state index contributed by atoms with van der Waals surface area (Å²) in [6.07, 6.45) is 0. The van der Waals surface area contributed by atoms with Crippen LogP contribution in [0.5, 0.6) is 0 Å². The molecule has 144 valence electrons. The van der Waals surface area contributed by atoms with Gasteiger partial charge in [-0.25, -0.2) is 4.98 Å². The second-order valence-corrected chi connectivity index (χ2v) is 8.19. The van der Waals surface area contributed by atoms with E-state index >= 15 is 0 Å². The molecule has 0 saturated carbocycles. The lowest BCUT2D eigenvalue weighted by molar-refractivity contribution is -0.908. The van der Waals surface area contributed by atoms with Crippen LogP contribution >= 0.6 is 11.3 Å². The molecule has 0 amide bonds. The molecule has 5 rings (SSSR count). The maximum absolute atomic E-state index is 13.2. The highest BCUT2D eigenvalue weighted by Gasteiger charge is 2.24. The van der Waals surface area contributed by atoms with Gasteiger partial charge in [0.2, 0.25) is 11.6 Å². The second-order valence-electron chi connectivity index (χ2n) is 7.24. The number of ether oxygens (including phenoxy) is 1. The third-order valence-electron chi connectivity index (χ3n) is 5.54. The third-order valence-corrected chi connectivity index (χ3v) is 6.41. The number of morpholine rings is 1. The van der Waals surface area contributed by atoms with Crippen molar-refractivity contribution in [3.05, 3.63) is 58.0 Å². The Morgan fingerprint density at radius 3 is 2.71 bits per heavy atom. The molecule has 7 heteroatoms. The number of aryl methyl sites for hydroxylation is 1. The number of para-hydroxylation sites is 2. The molecule has 0 atom stereocenters. The van der Waals surface area contributed by atoms with Gasteiger partial charge in [-0.3, -0.25) is 9.20 Å². The largest absolute Gasteiger partial charge is 0.370 e. The number of thiophene rings is 1. The molecular weight excluding hydrogens is 372 g/mol. The first kappa shape index (κ1) is 17.6. The summed E-state index contributed by atoms with van der Waals surface area (Å²) in [6, 6.07) is 12.1. The van der Waals surface area contributed by atoms with Crippen molar-refractivity contribution in [2.75, 3.05) is 32.8 Å². The summed E-state index contributed by atoms with van der Waals surface area (Å²) in [4.78, 5) is 20.3. The van der Waals surface area contributed by atoms with Gasteiger partial charge < -0.3 is 14.2 Å². The second kappa shape index (κ2) is 7.16. The Balaban J connectivity index is 1.62. The van der Waals surface area contributed by atoms with Crippen LogP contribution in [0.15, 0.2) is 41.8 Å². The van der Waals surface area contributed by atoms with Gasteiger partial charge in [-0.1, -0.05) is 18.2 Å². The standard InChI is InChI=1S/C21H22N4O2S/c1-15-19(20(26)18-7-4-14-28-18)25-17-6-3-2-5-16(17)24(21(25)22-15)9-8-23-10-12-27-13-11-23/h2-7,14H,8-13H2,1H3/p+1. The maximum atomic E-state index is 13.2. The molecule has 28 heavy (non-hydrogen) atoms. The van der Waals surface area contributed by atoms with Gasteiger partial charge in [-0.05, 0) is 30.5 Å². The van der Waals surface area contributed by atoms with Gasteiger partial charge in [-0.15, -0.1) is 11.3 Å². The topological polar surface area (TPSA) is 53.0 Å². The molecule has 0 spiro atoms. The molecule has 1 saturated heterocycles. The number of carbonyl (C=O) groups excluding carboxylic acids is 1. The van der Waals surface area contributed by atoms with Gasteiger partial charge in [0.05, 0.1) is 47.9 Å². The molecule has 1 aliphatic rings. The summed E-state index contributed by atoms with van der Waals surface area (Å²) < 4.78 is 9.78. The number of fused-ring (bicyclic) bond motifs is 3. The summed E-state index contributed by atoms with van der Waals surface area (Å²) in [5.74, 6) is 0.896. The first-order valence-corrected chi connectivity index (χ1v) is 10.6. The molecule has 4 aromatic rings. The number of quaternary nitrogens is 1. The van der Waals surface area contributed by atoms with E-state index in [1.54, 1.807) is 4.90 Å². The number of imidazole rings is 2. The lowest BCUT2D eigenvalue weighted by Gasteiger charge is -2.23. The lowest BCUT2D eigenvalue weighted by Crippen LogP contribution is -3.14.